The fourth-order valence-corrected chi connectivity index (χ4v) is 3.38. The first-order chi connectivity index (χ1) is 8.31. The van der Waals surface area contributed by atoms with Crippen molar-refractivity contribution in [3.63, 3.8) is 0 Å². The van der Waals surface area contributed by atoms with Gasteiger partial charge in [0.15, 0.2) is 0 Å². The van der Waals surface area contributed by atoms with Gasteiger partial charge in [-0.2, -0.15) is 0 Å². The minimum absolute atomic E-state index is 0.0454. The third-order valence-corrected chi connectivity index (χ3v) is 4.80. The molecule has 5 heteroatoms. The van der Waals surface area contributed by atoms with Gasteiger partial charge in [0.05, 0.1) is 5.69 Å². The van der Waals surface area contributed by atoms with E-state index in [4.69, 9.17) is 5.73 Å². The number of benzene rings is 1. The van der Waals surface area contributed by atoms with Gasteiger partial charge in [-0.1, -0.05) is 13.8 Å². The summed E-state index contributed by atoms with van der Waals surface area (Å²) in [5.74, 6) is 0. The van der Waals surface area contributed by atoms with E-state index in [1.807, 2.05) is 27.7 Å². The molecule has 0 amide bonds. The molecule has 0 aliphatic heterocycles. The van der Waals surface area contributed by atoms with Crippen molar-refractivity contribution in [1.29, 1.82) is 0 Å². The van der Waals surface area contributed by atoms with Crippen molar-refractivity contribution < 1.29 is 8.42 Å². The predicted molar refractivity (Wildman–Crippen MR) is 75.0 cm³/mol. The fourth-order valence-electron chi connectivity index (χ4n) is 1.78. The van der Waals surface area contributed by atoms with Crippen molar-refractivity contribution >= 4 is 15.7 Å². The molecule has 1 aromatic rings. The van der Waals surface area contributed by atoms with Crippen molar-refractivity contribution in [2.45, 2.75) is 51.5 Å². The third kappa shape index (κ3) is 3.23. The summed E-state index contributed by atoms with van der Waals surface area (Å²) in [6, 6.07) is 3.29. The Bertz CT molecular complexity index is 520. The SMILES string of the molecule is CCC(CC)NS(=O)(=O)c1cc(C)c(C)cc1N. The number of anilines is 1. The number of nitrogen functional groups attached to an aromatic ring is 1. The Hall–Kier alpha value is -1.07. The lowest BCUT2D eigenvalue weighted by molar-refractivity contribution is 0.530. The lowest BCUT2D eigenvalue weighted by Crippen LogP contribution is -2.34. The molecule has 0 radical (unpaired) electrons. The quantitative estimate of drug-likeness (QED) is 0.807. The van der Waals surface area contributed by atoms with E-state index in [9.17, 15) is 8.42 Å². The van der Waals surface area contributed by atoms with Gasteiger partial charge in [0.2, 0.25) is 10.0 Å². The number of nitrogens with one attached hydrogen (secondary N) is 1. The van der Waals surface area contributed by atoms with Crippen LogP contribution in [0.1, 0.15) is 37.8 Å². The van der Waals surface area contributed by atoms with Crippen LogP contribution in [0.3, 0.4) is 0 Å². The van der Waals surface area contributed by atoms with Gasteiger partial charge in [0, 0.05) is 6.04 Å². The first-order valence-electron chi connectivity index (χ1n) is 6.20. The minimum atomic E-state index is -3.53. The molecule has 4 nitrogen and oxygen atoms in total. The molecular formula is C13H22N2O2S. The van der Waals surface area contributed by atoms with Gasteiger partial charge in [0.1, 0.15) is 4.90 Å². The van der Waals surface area contributed by atoms with Gasteiger partial charge >= 0.3 is 0 Å². The van der Waals surface area contributed by atoms with Crippen molar-refractivity contribution in [3.05, 3.63) is 23.3 Å². The number of hydrogen-bond acceptors (Lipinski definition) is 3. The summed E-state index contributed by atoms with van der Waals surface area (Å²) in [5, 5.41) is 0. The van der Waals surface area contributed by atoms with Crippen molar-refractivity contribution in [2.75, 3.05) is 5.73 Å². The average molecular weight is 270 g/mol. The normalized spacial score (nSPS) is 12.1. The summed E-state index contributed by atoms with van der Waals surface area (Å²) in [4.78, 5) is 0.178. The zero-order chi connectivity index (χ0) is 13.9. The van der Waals surface area contributed by atoms with Gasteiger partial charge < -0.3 is 5.73 Å². The molecule has 0 bridgehead atoms. The van der Waals surface area contributed by atoms with Crippen LogP contribution in [-0.4, -0.2) is 14.5 Å². The zero-order valence-electron chi connectivity index (χ0n) is 11.4. The van der Waals surface area contributed by atoms with Crippen molar-refractivity contribution in [2.24, 2.45) is 0 Å². The molecule has 0 unspecified atom stereocenters. The molecule has 18 heavy (non-hydrogen) atoms. The monoisotopic (exact) mass is 270 g/mol. The molecule has 0 spiro atoms. The molecule has 1 aromatic carbocycles. The highest BCUT2D eigenvalue weighted by molar-refractivity contribution is 7.89. The average Bonchev–Trinajstić information content (AvgIpc) is 2.30. The Balaban J connectivity index is 3.16. The Labute approximate surface area is 110 Å². The van der Waals surface area contributed by atoms with Crippen LogP contribution in [0, 0.1) is 13.8 Å². The number of nitrogens with two attached hydrogens (primary N) is 1. The molecular weight excluding hydrogens is 248 g/mol. The second-order valence-corrected chi connectivity index (χ2v) is 6.29. The molecule has 0 saturated heterocycles. The summed E-state index contributed by atoms with van der Waals surface area (Å²) in [5.41, 5.74) is 8.04. The number of aryl methyl sites for hydroxylation is 2. The summed E-state index contributed by atoms with van der Waals surface area (Å²) in [6.45, 7) is 7.71. The van der Waals surface area contributed by atoms with E-state index in [0.29, 0.717) is 5.69 Å². The molecule has 0 aliphatic rings. The number of rotatable bonds is 5. The van der Waals surface area contributed by atoms with Crippen LogP contribution in [-0.2, 0) is 10.0 Å². The fraction of sp³-hybridized carbons (Fsp3) is 0.538. The Morgan fingerprint density at radius 2 is 1.67 bits per heavy atom. The zero-order valence-corrected chi connectivity index (χ0v) is 12.3. The van der Waals surface area contributed by atoms with E-state index in [-0.39, 0.29) is 10.9 Å². The molecule has 3 N–H and O–H groups in total. The van der Waals surface area contributed by atoms with Crippen LogP contribution < -0.4 is 10.5 Å². The molecule has 0 heterocycles. The number of sulfonamides is 1. The molecule has 0 atom stereocenters. The van der Waals surface area contributed by atoms with Crippen LogP contribution in [0.25, 0.3) is 0 Å². The highest BCUT2D eigenvalue weighted by Gasteiger charge is 2.21. The first-order valence-corrected chi connectivity index (χ1v) is 7.69. The summed E-state index contributed by atoms with van der Waals surface area (Å²) in [7, 11) is -3.53. The lowest BCUT2D eigenvalue weighted by atomic mass is 10.1. The van der Waals surface area contributed by atoms with E-state index in [0.717, 1.165) is 24.0 Å². The third-order valence-electron chi connectivity index (χ3n) is 3.22. The maximum atomic E-state index is 12.3. The Kier molecular flexibility index (Phi) is 4.76. The Morgan fingerprint density at radius 1 is 1.17 bits per heavy atom. The predicted octanol–water partition coefficient (Wildman–Crippen LogP) is 2.35. The highest BCUT2D eigenvalue weighted by atomic mass is 32.2. The van der Waals surface area contributed by atoms with Crippen molar-refractivity contribution in [1.82, 2.24) is 4.72 Å². The maximum absolute atomic E-state index is 12.3. The molecule has 1 rings (SSSR count). The first kappa shape index (κ1) is 15.0. The van der Waals surface area contributed by atoms with Crippen LogP contribution in [0.2, 0.25) is 0 Å². The van der Waals surface area contributed by atoms with Gasteiger partial charge in [-0.3, -0.25) is 0 Å². The number of hydrogen-bond donors (Lipinski definition) is 2. The summed E-state index contributed by atoms with van der Waals surface area (Å²) in [6.07, 6.45) is 1.53. The molecule has 0 aliphatic carbocycles. The van der Waals surface area contributed by atoms with E-state index in [2.05, 4.69) is 4.72 Å². The van der Waals surface area contributed by atoms with Crippen molar-refractivity contribution in [3.8, 4) is 0 Å². The van der Waals surface area contributed by atoms with E-state index in [1.54, 1.807) is 12.1 Å². The smallest absolute Gasteiger partial charge is 0.242 e. The van der Waals surface area contributed by atoms with E-state index >= 15 is 0 Å². The summed E-state index contributed by atoms with van der Waals surface area (Å²) >= 11 is 0. The lowest BCUT2D eigenvalue weighted by Gasteiger charge is -2.17. The molecule has 0 aromatic heterocycles. The molecule has 0 saturated carbocycles. The van der Waals surface area contributed by atoms with Crippen LogP contribution in [0.5, 0.6) is 0 Å². The van der Waals surface area contributed by atoms with Gasteiger partial charge in [-0.25, -0.2) is 13.1 Å². The van der Waals surface area contributed by atoms with E-state index in [1.165, 1.54) is 0 Å². The second-order valence-electron chi connectivity index (χ2n) is 4.61. The maximum Gasteiger partial charge on any atom is 0.242 e. The molecule has 0 fully saturated rings. The van der Waals surface area contributed by atoms with Crippen LogP contribution in [0.4, 0.5) is 5.69 Å². The minimum Gasteiger partial charge on any atom is -0.398 e. The topological polar surface area (TPSA) is 72.2 Å². The largest absolute Gasteiger partial charge is 0.398 e. The van der Waals surface area contributed by atoms with Crippen LogP contribution >= 0.6 is 0 Å². The Morgan fingerprint density at radius 3 is 2.17 bits per heavy atom. The van der Waals surface area contributed by atoms with E-state index < -0.39 is 10.0 Å². The van der Waals surface area contributed by atoms with Gasteiger partial charge in [-0.15, -0.1) is 0 Å². The second kappa shape index (κ2) is 5.71. The summed E-state index contributed by atoms with van der Waals surface area (Å²) < 4.78 is 27.2. The standard InChI is InChI=1S/C13H22N2O2S/c1-5-11(6-2)15-18(16,17)13-8-10(4)9(3)7-12(13)14/h7-8,11,15H,5-6,14H2,1-4H3. The van der Waals surface area contributed by atoms with Crippen LogP contribution in [0.15, 0.2) is 17.0 Å². The van der Waals surface area contributed by atoms with Gasteiger partial charge in [-0.05, 0) is 49.9 Å². The van der Waals surface area contributed by atoms with Gasteiger partial charge in [0.25, 0.3) is 0 Å². The molecule has 102 valence electrons. The highest BCUT2D eigenvalue weighted by Crippen LogP contribution is 2.23.